The van der Waals surface area contributed by atoms with Crippen LogP contribution in [0.3, 0.4) is 0 Å². The van der Waals surface area contributed by atoms with Gasteiger partial charge in [-0.25, -0.2) is 14.6 Å². The first-order chi connectivity index (χ1) is 13.4. The molecular formula is C21H19N3O4. The van der Waals surface area contributed by atoms with Gasteiger partial charge in [0.1, 0.15) is 5.69 Å². The van der Waals surface area contributed by atoms with Crippen LogP contribution in [0.25, 0.3) is 10.9 Å². The zero-order chi connectivity index (χ0) is 20.1. The van der Waals surface area contributed by atoms with Crippen molar-refractivity contribution >= 4 is 34.5 Å². The fourth-order valence-corrected chi connectivity index (χ4v) is 2.59. The zero-order valence-electron chi connectivity index (χ0n) is 15.5. The van der Waals surface area contributed by atoms with Gasteiger partial charge in [-0.2, -0.15) is 0 Å². The zero-order valence-corrected chi connectivity index (χ0v) is 15.5. The largest absolute Gasteiger partial charge is 0.451 e. The summed E-state index contributed by atoms with van der Waals surface area (Å²) in [5.74, 6) is -1.48. The maximum absolute atomic E-state index is 12.1. The second-order valence-corrected chi connectivity index (χ2v) is 6.22. The van der Waals surface area contributed by atoms with E-state index in [-0.39, 0.29) is 5.69 Å². The van der Waals surface area contributed by atoms with Crippen LogP contribution in [0, 0.1) is 13.8 Å². The number of carbonyl (C=O) groups excluding carboxylic acids is 3. The molecular weight excluding hydrogens is 358 g/mol. The SMILES string of the molecule is Cc1cccc(NC(=O)NC(=O)COC(=O)c2ccc3ccccc3n2)c1C. The van der Waals surface area contributed by atoms with E-state index in [9.17, 15) is 14.4 Å². The van der Waals surface area contributed by atoms with Crippen LogP contribution in [0.2, 0.25) is 0 Å². The van der Waals surface area contributed by atoms with Crippen molar-refractivity contribution in [2.75, 3.05) is 11.9 Å². The van der Waals surface area contributed by atoms with Gasteiger partial charge in [-0.15, -0.1) is 0 Å². The number of nitrogens with one attached hydrogen (secondary N) is 2. The molecule has 3 rings (SSSR count). The summed E-state index contributed by atoms with van der Waals surface area (Å²) in [5.41, 5.74) is 3.25. The molecule has 2 N–H and O–H groups in total. The molecule has 0 radical (unpaired) electrons. The normalized spacial score (nSPS) is 10.4. The highest BCUT2D eigenvalue weighted by molar-refractivity contribution is 6.02. The molecule has 0 fully saturated rings. The number of esters is 1. The summed E-state index contributed by atoms with van der Waals surface area (Å²) in [5, 5.41) is 5.61. The Kier molecular flexibility index (Phi) is 5.64. The number of benzene rings is 2. The van der Waals surface area contributed by atoms with E-state index in [4.69, 9.17) is 4.74 Å². The monoisotopic (exact) mass is 377 g/mol. The molecule has 0 aliphatic rings. The average molecular weight is 377 g/mol. The van der Waals surface area contributed by atoms with Crippen molar-refractivity contribution in [1.82, 2.24) is 10.3 Å². The molecule has 0 unspecified atom stereocenters. The highest BCUT2D eigenvalue weighted by Crippen LogP contribution is 2.17. The lowest BCUT2D eigenvalue weighted by molar-refractivity contribution is -0.123. The van der Waals surface area contributed by atoms with Gasteiger partial charge in [-0.05, 0) is 43.2 Å². The number of hydrogen-bond donors (Lipinski definition) is 2. The minimum atomic E-state index is -0.740. The molecule has 142 valence electrons. The smallest absolute Gasteiger partial charge is 0.357 e. The van der Waals surface area contributed by atoms with E-state index < -0.39 is 24.5 Å². The third-order valence-electron chi connectivity index (χ3n) is 4.25. The van der Waals surface area contributed by atoms with Crippen LogP contribution in [0.15, 0.2) is 54.6 Å². The Hall–Kier alpha value is -3.74. The molecule has 7 nitrogen and oxygen atoms in total. The number of anilines is 1. The summed E-state index contributed by atoms with van der Waals surface area (Å²) in [7, 11) is 0. The minimum Gasteiger partial charge on any atom is -0.451 e. The summed E-state index contributed by atoms with van der Waals surface area (Å²) >= 11 is 0. The first kappa shape index (κ1) is 19.0. The Morgan fingerprint density at radius 1 is 0.964 bits per heavy atom. The van der Waals surface area contributed by atoms with Gasteiger partial charge in [-0.1, -0.05) is 36.4 Å². The third-order valence-corrected chi connectivity index (χ3v) is 4.25. The molecule has 0 saturated heterocycles. The third kappa shape index (κ3) is 4.50. The Morgan fingerprint density at radius 3 is 2.57 bits per heavy atom. The van der Waals surface area contributed by atoms with Crippen molar-refractivity contribution < 1.29 is 19.1 Å². The maximum atomic E-state index is 12.1. The number of amides is 3. The van der Waals surface area contributed by atoms with Gasteiger partial charge in [0.05, 0.1) is 5.52 Å². The minimum absolute atomic E-state index is 0.0892. The van der Waals surface area contributed by atoms with Gasteiger partial charge < -0.3 is 10.1 Å². The van der Waals surface area contributed by atoms with Crippen molar-refractivity contribution in [3.8, 4) is 0 Å². The molecule has 0 aliphatic carbocycles. The quantitative estimate of drug-likeness (QED) is 0.680. The number of aryl methyl sites for hydroxylation is 1. The predicted molar refractivity (Wildman–Crippen MR) is 105 cm³/mol. The van der Waals surface area contributed by atoms with Crippen LogP contribution in [0.1, 0.15) is 21.6 Å². The first-order valence-corrected chi connectivity index (χ1v) is 8.64. The Labute approximate surface area is 161 Å². The number of hydrogen-bond acceptors (Lipinski definition) is 5. The summed E-state index contributed by atoms with van der Waals surface area (Å²) < 4.78 is 4.94. The van der Waals surface area contributed by atoms with Crippen molar-refractivity contribution in [3.05, 3.63) is 71.4 Å². The number of urea groups is 1. The number of aromatic nitrogens is 1. The van der Waals surface area contributed by atoms with Gasteiger partial charge in [0, 0.05) is 11.1 Å². The van der Waals surface area contributed by atoms with Crippen LogP contribution in [0.4, 0.5) is 10.5 Å². The summed E-state index contributed by atoms with van der Waals surface area (Å²) in [6.07, 6.45) is 0. The first-order valence-electron chi connectivity index (χ1n) is 8.64. The lowest BCUT2D eigenvalue weighted by Gasteiger charge is -2.11. The maximum Gasteiger partial charge on any atom is 0.357 e. The van der Waals surface area contributed by atoms with Gasteiger partial charge >= 0.3 is 12.0 Å². The molecule has 3 amide bonds. The Bertz CT molecular complexity index is 1060. The molecule has 0 aliphatic heterocycles. The van der Waals surface area contributed by atoms with Gasteiger partial charge in [0.25, 0.3) is 5.91 Å². The lowest BCUT2D eigenvalue weighted by atomic mass is 10.1. The molecule has 1 heterocycles. The number of rotatable bonds is 4. The van der Waals surface area contributed by atoms with Crippen LogP contribution in [-0.4, -0.2) is 29.5 Å². The highest BCUT2D eigenvalue weighted by Gasteiger charge is 2.14. The van der Waals surface area contributed by atoms with Crippen LogP contribution in [0.5, 0.6) is 0 Å². The molecule has 1 aromatic heterocycles. The Balaban J connectivity index is 1.53. The standard InChI is InChI=1S/C21H19N3O4/c1-13-6-5-9-16(14(13)2)23-21(27)24-19(25)12-28-20(26)18-11-10-15-7-3-4-8-17(15)22-18/h3-11H,12H2,1-2H3,(H2,23,24,25,27). The number of imide groups is 1. The molecule has 7 heteroatoms. The number of ether oxygens (including phenoxy) is 1. The van der Waals surface area contributed by atoms with Crippen molar-refractivity contribution in [2.24, 2.45) is 0 Å². The van der Waals surface area contributed by atoms with Gasteiger partial charge in [0.15, 0.2) is 6.61 Å². The summed E-state index contributed by atoms with van der Waals surface area (Å²) in [6, 6.07) is 15.4. The number of para-hydroxylation sites is 1. The number of fused-ring (bicyclic) bond motifs is 1. The number of carbonyl (C=O) groups is 3. The van der Waals surface area contributed by atoms with Gasteiger partial charge in [0.2, 0.25) is 0 Å². The van der Waals surface area contributed by atoms with E-state index in [2.05, 4.69) is 15.6 Å². The van der Waals surface area contributed by atoms with E-state index in [1.54, 1.807) is 24.3 Å². The van der Waals surface area contributed by atoms with E-state index >= 15 is 0 Å². The molecule has 28 heavy (non-hydrogen) atoms. The topological polar surface area (TPSA) is 97.4 Å². The van der Waals surface area contributed by atoms with E-state index in [1.807, 2.05) is 38.1 Å². The van der Waals surface area contributed by atoms with E-state index in [0.29, 0.717) is 11.2 Å². The van der Waals surface area contributed by atoms with Gasteiger partial charge in [-0.3, -0.25) is 10.1 Å². The van der Waals surface area contributed by atoms with Crippen molar-refractivity contribution in [1.29, 1.82) is 0 Å². The fourth-order valence-electron chi connectivity index (χ4n) is 2.59. The fraction of sp³-hybridized carbons (Fsp3) is 0.143. The second-order valence-electron chi connectivity index (χ2n) is 6.22. The predicted octanol–water partition coefficient (Wildman–Crippen LogP) is 3.36. The van der Waals surface area contributed by atoms with Crippen LogP contribution < -0.4 is 10.6 Å². The Morgan fingerprint density at radius 2 is 1.75 bits per heavy atom. The van der Waals surface area contributed by atoms with E-state index in [1.165, 1.54) is 6.07 Å². The highest BCUT2D eigenvalue weighted by atomic mass is 16.5. The van der Waals surface area contributed by atoms with E-state index in [0.717, 1.165) is 16.5 Å². The van der Waals surface area contributed by atoms with Crippen LogP contribution >= 0.6 is 0 Å². The molecule has 0 bridgehead atoms. The molecule has 3 aromatic rings. The van der Waals surface area contributed by atoms with Crippen molar-refractivity contribution in [2.45, 2.75) is 13.8 Å². The molecule has 0 saturated carbocycles. The summed E-state index contributed by atoms with van der Waals surface area (Å²) in [6.45, 7) is 3.20. The number of nitrogens with zero attached hydrogens (tertiary/aromatic N) is 1. The van der Waals surface area contributed by atoms with Crippen LogP contribution in [-0.2, 0) is 9.53 Å². The lowest BCUT2D eigenvalue weighted by Crippen LogP contribution is -2.37. The molecule has 2 aromatic carbocycles. The molecule has 0 atom stereocenters. The number of pyridine rings is 1. The second kappa shape index (κ2) is 8.30. The molecule has 0 spiro atoms. The summed E-state index contributed by atoms with van der Waals surface area (Å²) in [4.78, 5) is 40.1. The van der Waals surface area contributed by atoms with Crippen molar-refractivity contribution in [3.63, 3.8) is 0 Å². The average Bonchev–Trinajstić information content (AvgIpc) is 2.69.